The van der Waals surface area contributed by atoms with Crippen molar-refractivity contribution in [3.8, 4) is 0 Å². The van der Waals surface area contributed by atoms with E-state index < -0.39 is 58.4 Å². The molecule has 7 heteroatoms. The number of fused-ring (bicyclic) bond motifs is 5. The molecule has 0 heterocycles. The Bertz CT molecular complexity index is 1040. The number of halogens is 1. The van der Waals surface area contributed by atoms with Gasteiger partial charge in [-0.15, -0.1) is 0 Å². The van der Waals surface area contributed by atoms with Crippen LogP contribution in [0.25, 0.3) is 0 Å². The van der Waals surface area contributed by atoms with Crippen LogP contribution in [0, 0.1) is 34.5 Å². The number of carbonyl (C=O) groups is 3. The Hall–Kier alpha value is -1.86. The van der Waals surface area contributed by atoms with Gasteiger partial charge in [-0.05, 0) is 75.4 Å². The van der Waals surface area contributed by atoms with Gasteiger partial charge in [0.15, 0.2) is 18.1 Å². The number of alkyl halides is 1. The van der Waals surface area contributed by atoms with Crippen LogP contribution in [0.15, 0.2) is 23.8 Å². The molecule has 4 saturated carbocycles. The monoisotopic (exact) mass is 516 g/mol. The van der Waals surface area contributed by atoms with E-state index in [-0.39, 0.29) is 30.5 Å². The first-order valence-electron chi connectivity index (χ1n) is 14.1. The Kier molecular flexibility index (Phi) is 6.59. The number of Topliss-reactive ketones (excluding diaryl/α,β-unsaturated/α-hetero) is 1. The van der Waals surface area contributed by atoms with Crippen molar-refractivity contribution in [2.45, 2.75) is 102 Å². The molecular weight excluding hydrogens is 475 g/mol. The average Bonchev–Trinajstić information content (AvgIpc) is 3.06. The first-order chi connectivity index (χ1) is 17.4. The zero-order valence-electron chi connectivity index (χ0n) is 22.3. The zero-order valence-corrected chi connectivity index (χ0v) is 22.3. The van der Waals surface area contributed by atoms with Gasteiger partial charge in [-0.25, -0.2) is 4.39 Å². The summed E-state index contributed by atoms with van der Waals surface area (Å²) in [6.45, 7) is 4.83. The van der Waals surface area contributed by atoms with Gasteiger partial charge in [0, 0.05) is 23.2 Å². The smallest absolute Gasteiger partial charge is 0.306 e. The molecule has 0 radical (unpaired) electrons. The van der Waals surface area contributed by atoms with Crippen LogP contribution in [0.3, 0.4) is 0 Å². The molecule has 0 aromatic rings. The maximum atomic E-state index is 17.2. The molecule has 0 bridgehead atoms. The van der Waals surface area contributed by atoms with E-state index in [0.717, 1.165) is 25.7 Å². The van der Waals surface area contributed by atoms with Crippen molar-refractivity contribution in [3.05, 3.63) is 23.8 Å². The lowest BCUT2D eigenvalue weighted by Crippen LogP contribution is -2.69. The summed E-state index contributed by atoms with van der Waals surface area (Å²) in [5.74, 6) is -2.26. The van der Waals surface area contributed by atoms with E-state index in [4.69, 9.17) is 4.74 Å². The summed E-state index contributed by atoms with van der Waals surface area (Å²) in [6.07, 6.45) is 10.0. The summed E-state index contributed by atoms with van der Waals surface area (Å²) in [4.78, 5) is 38.0. The summed E-state index contributed by atoms with van der Waals surface area (Å²) in [6, 6.07) is 0. The standard InChI is InChI=1S/C30H41FO6/c1-18-13-23-22-10-9-20-15-21(32)11-12-27(20,2)29(22,31)24(33)16-28(23,3)30(18,36)25(34)17-37-26(35)14-19-7-5-4-6-8-19/h11-12,15,18-19,22-24,33,36H,4-10,13-14,16-17H2,1-3H3/t18-,22+,23+,24+,27+,28+,29+,30+/m1/s1. The van der Waals surface area contributed by atoms with Crippen molar-refractivity contribution in [2.75, 3.05) is 6.61 Å². The topological polar surface area (TPSA) is 101 Å². The quantitative estimate of drug-likeness (QED) is 0.525. The molecule has 4 fully saturated rings. The van der Waals surface area contributed by atoms with Gasteiger partial charge in [0.25, 0.3) is 0 Å². The minimum absolute atomic E-state index is 0.0854. The predicted octanol–water partition coefficient (Wildman–Crippen LogP) is 4.42. The SMILES string of the molecule is C[C@@H]1C[C@H]2[C@@H]3CCC4=CC(=O)C=C[C@]4(C)[C@@]3(F)[C@@H](O)C[C@]2(C)[C@@]1(O)C(=O)COC(=O)CC1CCCCC1. The molecule has 0 saturated heterocycles. The Morgan fingerprint density at radius 2 is 1.84 bits per heavy atom. The third kappa shape index (κ3) is 3.74. The lowest BCUT2D eigenvalue weighted by Gasteiger charge is -2.62. The molecule has 204 valence electrons. The van der Waals surface area contributed by atoms with Gasteiger partial charge in [-0.1, -0.05) is 44.8 Å². The van der Waals surface area contributed by atoms with E-state index in [1.165, 1.54) is 18.6 Å². The van der Waals surface area contributed by atoms with Crippen LogP contribution in [-0.4, -0.2) is 51.7 Å². The molecule has 0 unspecified atom stereocenters. The third-order valence-corrected chi connectivity index (χ3v) is 11.2. The number of hydrogen-bond donors (Lipinski definition) is 2. The van der Waals surface area contributed by atoms with Crippen molar-refractivity contribution >= 4 is 17.5 Å². The molecule has 5 aliphatic carbocycles. The number of ether oxygens (including phenoxy) is 1. The van der Waals surface area contributed by atoms with Gasteiger partial charge in [-0.2, -0.15) is 0 Å². The molecule has 37 heavy (non-hydrogen) atoms. The second-order valence-electron chi connectivity index (χ2n) is 13.0. The van der Waals surface area contributed by atoms with Gasteiger partial charge in [-0.3, -0.25) is 14.4 Å². The third-order valence-electron chi connectivity index (χ3n) is 11.2. The normalized spacial score (nSPS) is 45.5. The number of hydrogen-bond acceptors (Lipinski definition) is 6. The lowest BCUT2D eigenvalue weighted by molar-refractivity contribution is -0.220. The molecule has 0 aliphatic heterocycles. The average molecular weight is 517 g/mol. The van der Waals surface area contributed by atoms with Crippen LogP contribution in [0.2, 0.25) is 0 Å². The van der Waals surface area contributed by atoms with Crippen LogP contribution in [0.1, 0.15) is 85.0 Å². The van der Waals surface area contributed by atoms with Gasteiger partial charge >= 0.3 is 5.97 Å². The molecule has 5 aliphatic rings. The minimum atomic E-state index is -2.01. The molecule has 0 spiro atoms. The summed E-state index contributed by atoms with van der Waals surface area (Å²) in [7, 11) is 0. The van der Waals surface area contributed by atoms with Crippen molar-refractivity contribution < 1.29 is 33.7 Å². The lowest BCUT2D eigenvalue weighted by atomic mass is 9.44. The molecule has 5 rings (SSSR count). The zero-order chi connectivity index (χ0) is 26.8. The largest absolute Gasteiger partial charge is 0.458 e. The number of ketones is 2. The van der Waals surface area contributed by atoms with Gasteiger partial charge in [0.05, 0.1) is 6.10 Å². The number of rotatable bonds is 5. The second kappa shape index (κ2) is 9.11. The number of carbonyl (C=O) groups excluding carboxylic acids is 3. The summed E-state index contributed by atoms with van der Waals surface area (Å²) >= 11 is 0. The highest BCUT2D eigenvalue weighted by atomic mass is 19.1. The fraction of sp³-hybridized carbons (Fsp3) is 0.767. The second-order valence-corrected chi connectivity index (χ2v) is 13.0. The predicted molar refractivity (Wildman–Crippen MR) is 135 cm³/mol. The highest BCUT2D eigenvalue weighted by Crippen LogP contribution is 2.70. The summed E-state index contributed by atoms with van der Waals surface area (Å²) in [5, 5.41) is 23.4. The van der Waals surface area contributed by atoms with E-state index in [0.29, 0.717) is 24.8 Å². The number of aliphatic hydroxyl groups is 2. The fourth-order valence-corrected chi connectivity index (χ4v) is 9.08. The first kappa shape index (κ1) is 26.7. The highest BCUT2D eigenvalue weighted by Gasteiger charge is 2.75. The Labute approximate surface area is 218 Å². The molecule has 6 nitrogen and oxygen atoms in total. The molecule has 2 N–H and O–H groups in total. The van der Waals surface area contributed by atoms with E-state index >= 15 is 4.39 Å². The number of allylic oxidation sites excluding steroid dienone is 4. The van der Waals surface area contributed by atoms with Crippen LogP contribution in [-0.2, 0) is 19.1 Å². The molecule has 0 aromatic carbocycles. The van der Waals surface area contributed by atoms with E-state index in [1.54, 1.807) is 26.8 Å². The fourth-order valence-electron chi connectivity index (χ4n) is 9.08. The van der Waals surface area contributed by atoms with Gasteiger partial charge in [0.1, 0.15) is 5.60 Å². The summed E-state index contributed by atoms with van der Waals surface area (Å²) in [5.41, 5.74) is -5.33. The Morgan fingerprint density at radius 3 is 2.54 bits per heavy atom. The van der Waals surface area contributed by atoms with Crippen molar-refractivity contribution in [3.63, 3.8) is 0 Å². The Balaban J connectivity index is 1.37. The summed E-state index contributed by atoms with van der Waals surface area (Å²) < 4.78 is 22.6. The minimum Gasteiger partial charge on any atom is -0.458 e. The van der Waals surface area contributed by atoms with Crippen molar-refractivity contribution in [1.82, 2.24) is 0 Å². The van der Waals surface area contributed by atoms with E-state index in [1.807, 2.05) is 0 Å². The van der Waals surface area contributed by atoms with Crippen molar-refractivity contribution in [1.29, 1.82) is 0 Å². The van der Waals surface area contributed by atoms with E-state index in [2.05, 4.69) is 0 Å². The number of aliphatic hydroxyl groups excluding tert-OH is 1. The van der Waals surface area contributed by atoms with Crippen LogP contribution < -0.4 is 0 Å². The molecular formula is C30H41FO6. The molecule has 8 atom stereocenters. The van der Waals surface area contributed by atoms with E-state index in [9.17, 15) is 24.6 Å². The van der Waals surface area contributed by atoms with Crippen LogP contribution in [0.5, 0.6) is 0 Å². The van der Waals surface area contributed by atoms with Gasteiger partial charge in [0.2, 0.25) is 5.78 Å². The molecule has 0 amide bonds. The maximum absolute atomic E-state index is 17.2. The maximum Gasteiger partial charge on any atom is 0.306 e. The molecule has 0 aromatic heterocycles. The first-order valence-corrected chi connectivity index (χ1v) is 14.1. The van der Waals surface area contributed by atoms with Gasteiger partial charge < -0.3 is 14.9 Å². The number of esters is 1. The van der Waals surface area contributed by atoms with Crippen LogP contribution in [0.4, 0.5) is 4.39 Å². The van der Waals surface area contributed by atoms with Crippen molar-refractivity contribution in [2.24, 2.45) is 34.5 Å². The highest BCUT2D eigenvalue weighted by molar-refractivity contribution is 6.01. The van der Waals surface area contributed by atoms with Crippen LogP contribution >= 0.6 is 0 Å². The Morgan fingerprint density at radius 1 is 1.14 bits per heavy atom.